The Kier molecular flexibility index (Phi) is 7.57. The Morgan fingerprint density at radius 1 is 0.763 bits per heavy atom. The number of rotatable bonds is 7. The van der Waals surface area contributed by atoms with Crippen molar-refractivity contribution in [3.63, 3.8) is 0 Å². The van der Waals surface area contributed by atoms with Crippen molar-refractivity contribution in [1.82, 2.24) is 4.90 Å². The predicted molar refractivity (Wildman–Crippen MR) is 154 cm³/mol. The summed E-state index contributed by atoms with van der Waals surface area (Å²) in [6.45, 7) is 3.74. The molecule has 1 N–H and O–H groups in total. The van der Waals surface area contributed by atoms with E-state index in [2.05, 4.69) is 95.9 Å². The minimum absolute atomic E-state index is 0.292. The molecule has 0 radical (unpaired) electrons. The van der Waals surface area contributed by atoms with Crippen LogP contribution in [0.15, 0.2) is 103 Å². The zero-order valence-corrected chi connectivity index (χ0v) is 22.0. The molecule has 0 saturated carbocycles. The number of likely N-dealkylation sites (tertiary alicyclic amines) is 1. The van der Waals surface area contributed by atoms with Crippen LogP contribution in [0.4, 0.5) is 0 Å². The summed E-state index contributed by atoms with van der Waals surface area (Å²) in [5.74, 6) is 1.84. The minimum Gasteiger partial charge on any atom is -0.489 e. The first-order valence-electron chi connectivity index (χ1n) is 14.1. The Bertz CT molecular complexity index is 1330. The van der Waals surface area contributed by atoms with Gasteiger partial charge in [0.25, 0.3) is 0 Å². The van der Waals surface area contributed by atoms with Gasteiger partial charge in [0.1, 0.15) is 12.4 Å². The van der Waals surface area contributed by atoms with E-state index in [1.54, 1.807) is 0 Å². The Hall–Kier alpha value is -3.40. The van der Waals surface area contributed by atoms with Gasteiger partial charge in [-0.05, 0) is 90.2 Å². The average Bonchev–Trinajstić information content (AvgIpc) is 2.99. The van der Waals surface area contributed by atoms with E-state index >= 15 is 0 Å². The summed E-state index contributed by atoms with van der Waals surface area (Å²) >= 11 is 0. The molecule has 2 atom stereocenters. The van der Waals surface area contributed by atoms with E-state index in [9.17, 15) is 5.11 Å². The molecule has 0 amide bonds. The molecule has 0 aromatic heterocycles. The van der Waals surface area contributed by atoms with E-state index in [1.165, 1.54) is 40.7 Å². The molecule has 1 unspecified atom stereocenters. The molecular weight excluding hydrogens is 466 g/mol. The lowest BCUT2D eigenvalue weighted by atomic mass is 9.80. The van der Waals surface area contributed by atoms with E-state index in [-0.39, 0.29) is 0 Å². The van der Waals surface area contributed by atoms with Crippen LogP contribution in [0, 0.1) is 5.92 Å². The Balaban J connectivity index is 1.06. The van der Waals surface area contributed by atoms with Crippen LogP contribution in [0.25, 0.3) is 11.1 Å². The molecule has 1 aliphatic heterocycles. The molecule has 0 bridgehead atoms. The van der Waals surface area contributed by atoms with Gasteiger partial charge in [0, 0.05) is 12.5 Å². The molecule has 1 aliphatic carbocycles. The lowest BCUT2D eigenvalue weighted by Gasteiger charge is -2.38. The SMILES string of the molecule is OC1c2ccc(OCc3ccccc3-c3ccccc3)cc2CC[C@@H]1CN1CCC(c2ccccc2)CC1. The lowest BCUT2D eigenvalue weighted by molar-refractivity contribution is 0.0587. The second kappa shape index (κ2) is 11.6. The van der Waals surface area contributed by atoms with Gasteiger partial charge in [-0.25, -0.2) is 0 Å². The van der Waals surface area contributed by atoms with Crippen LogP contribution in [0.2, 0.25) is 0 Å². The van der Waals surface area contributed by atoms with Crippen molar-refractivity contribution < 1.29 is 9.84 Å². The van der Waals surface area contributed by atoms with Gasteiger partial charge in [-0.2, -0.15) is 0 Å². The second-order valence-corrected chi connectivity index (χ2v) is 10.9. The van der Waals surface area contributed by atoms with Crippen LogP contribution in [0.1, 0.15) is 53.5 Å². The van der Waals surface area contributed by atoms with E-state index in [4.69, 9.17) is 4.74 Å². The molecule has 4 aromatic carbocycles. The summed E-state index contributed by atoms with van der Waals surface area (Å²) in [5.41, 5.74) is 7.36. The molecule has 38 heavy (non-hydrogen) atoms. The third kappa shape index (κ3) is 5.55. The van der Waals surface area contributed by atoms with Crippen molar-refractivity contribution in [3.05, 3.63) is 125 Å². The van der Waals surface area contributed by atoms with Crippen molar-refractivity contribution in [1.29, 1.82) is 0 Å². The molecule has 4 aromatic rings. The largest absolute Gasteiger partial charge is 0.489 e. The highest BCUT2D eigenvalue weighted by atomic mass is 16.5. The third-order valence-corrected chi connectivity index (χ3v) is 8.51. The van der Waals surface area contributed by atoms with E-state index < -0.39 is 6.10 Å². The van der Waals surface area contributed by atoms with Crippen molar-refractivity contribution in [2.45, 2.75) is 44.3 Å². The first-order chi connectivity index (χ1) is 18.7. The summed E-state index contributed by atoms with van der Waals surface area (Å²) in [5, 5.41) is 11.3. The number of hydrogen-bond acceptors (Lipinski definition) is 3. The number of aliphatic hydroxyl groups is 1. The van der Waals surface area contributed by atoms with Gasteiger partial charge in [-0.15, -0.1) is 0 Å². The topological polar surface area (TPSA) is 32.7 Å². The summed E-state index contributed by atoms with van der Waals surface area (Å²) in [7, 11) is 0. The molecule has 1 heterocycles. The van der Waals surface area contributed by atoms with Gasteiger partial charge < -0.3 is 14.7 Å². The van der Waals surface area contributed by atoms with Crippen LogP contribution >= 0.6 is 0 Å². The summed E-state index contributed by atoms with van der Waals surface area (Å²) < 4.78 is 6.26. The lowest BCUT2D eigenvalue weighted by Crippen LogP contribution is -2.39. The van der Waals surface area contributed by atoms with Gasteiger partial charge in [-0.1, -0.05) is 91.0 Å². The van der Waals surface area contributed by atoms with Crippen LogP contribution < -0.4 is 4.74 Å². The van der Waals surface area contributed by atoms with Crippen molar-refractivity contribution in [3.8, 4) is 16.9 Å². The Labute approximate surface area is 226 Å². The number of fused-ring (bicyclic) bond motifs is 1. The smallest absolute Gasteiger partial charge is 0.120 e. The Morgan fingerprint density at radius 2 is 1.47 bits per heavy atom. The molecule has 3 nitrogen and oxygen atoms in total. The maximum absolute atomic E-state index is 11.3. The first-order valence-corrected chi connectivity index (χ1v) is 14.1. The third-order valence-electron chi connectivity index (χ3n) is 8.51. The molecule has 1 fully saturated rings. The Morgan fingerprint density at radius 3 is 2.26 bits per heavy atom. The van der Waals surface area contributed by atoms with E-state index in [0.29, 0.717) is 18.4 Å². The van der Waals surface area contributed by atoms with Gasteiger partial charge >= 0.3 is 0 Å². The molecule has 0 spiro atoms. The first kappa shape index (κ1) is 24.9. The fourth-order valence-electron chi connectivity index (χ4n) is 6.33. The number of nitrogens with zero attached hydrogens (tertiary/aromatic N) is 1. The van der Waals surface area contributed by atoms with Crippen LogP contribution in [0.3, 0.4) is 0 Å². The zero-order valence-electron chi connectivity index (χ0n) is 22.0. The van der Waals surface area contributed by atoms with Crippen LogP contribution in [0.5, 0.6) is 5.75 Å². The zero-order chi connectivity index (χ0) is 25.7. The number of benzene rings is 4. The fourth-order valence-corrected chi connectivity index (χ4v) is 6.33. The van der Waals surface area contributed by atoms with E-state index in [1.807, 2.05) is 12.1 Å². The van der Waals surface area contributed by atoms with Crippen molar-refractivity contribution in [2.75, 3.05) is 19.6 Å². The fraction of sp³-hybridized carbons (Fsp3) is 0.314. The number of aryl methyl sites for hydroxylation is 1. The monoisotopic (exact) mass is 503 g/mol. The molecular formula is C35H37NO2. The molecule has 1 saturated heterocycles. The molecule has 2 aliphatic rings. The second-order valence-electron chi connectivity index (χ2n) is 10.9. The van der Waals surface area contributed by atoms with E-state index in [0.717, 1.165) is 43.8 Å². The van der Waals surface area contributed by atoms with Crippen molar-refractivity contribution >= 4 is 0 Å². The van der Waals surface area contributed by atoms with Crippen molar-refractivity contribution in [2.24, 2.45) is 5.92 Å². The van der Waals surface area contributed by atoms with Gasteiger partial charge in [0.15, 0.2) is 0 Å². The highest BCUT2D eigenvalue weighted by Crippen LogP contribution is 2.38. The normalized spacial score (nSPS) is 20.1. The van der Waals surface area contributed by atoms with Gasteiger partial charge in [0.2, 0.25) is 0 Å². The quantitative estimate of drug-likeness (QED) is 0.285. The standard InChI is InChI=1S/C35H37NO2/c37-35-30(24-36-21-19-27(20-22-36)26-9-3-1-4-10-26)16-15-29-23-32(17-18-34(29)35)38-25-31-13-7-8-14-33(31)28-11-5-2-6-12-28/h1-14,17-18,23,27,30,35,37H,15-16,19-22,24-25H2/t30-,35?/m1/s1. The van der Waals surface area contributed by atoms with Gasteiger partial charge in [-0.3, -0.25) is 0 Å². The molecule has 194 valence electrons. The summed E-state index contributed by atoms with van der Waals surface area (Å²) in [6.07, 6.45) is 4.02. The van der Waals surface area contributed by atoms with Crippen LogP contribution in [-0.4, -0.2) is 29.6 Å². The number of piperidine rings is 1. The summed E-state index contributed by atoms with van der Waals surface area (Å²) in [6, 6.07) is 36.1. The minimum atomic E-state index is -0.404. The average molecular weight is 504 g/mol. The maximum atomic E-state index is 11.3. The number of ether oxygens (including phenoxy) is 1. The summed E-state index contributed by atoms with van der Waals surface area (Å²) in [4.78, 5) is 2.57. The van der Waals surface area contributed by atoms with Crippen LogP contribution in [-0.2, 0) is 13.0 Å². The maximum Gasteiger partial charge on any atom is 0.120 e. The molecule has 6 rings (SSSR count). The highest BCUT2D eigenvalue weighted by molar-refractivity contribution is 5.67. The highest BCUT2D eigenvalue weighted by Gasteiger charge is 2.31. The number of hydrogen-bond donors (Lipinski definition) is 1. The number of aliphatic hydroxyl groups excluding tert-OH is 1. The van der Waals surface area contributed by atoms with Gasteiger partial charge in [0.05, 0.1) is 6.10 Å². The molecule has 3 heteroatoms. The predicted octanol–water partition coefficient (Wildman–Crippen LogP) is 7.41.